The molecular formula is C44H51Cl3N6O3S2. The third-order valence-corrected chi connectivity index (χ3v) is 14.1. The zero-order chi connectivity index (χ0) is 41.8. The molecule has 2 aliphatic rings. The van der Waals surface area contributed by atoms with E-state index in [2.05, 4.69) is 16.5 Å². The van der Waals surface area contributed by atoms with Gasteiger partial charge in [0.05, 0.1) is 32.1 Å². The molecule has 6 rings (SSSR count). The number of pyridine rings is 2. The maximum atomic E-state index is 13.1. The summed E-state index contributed by atoms with van der Waals surface area (Å²) in [5.74, 6) is 1.44. The van der Waals surface area contributed by atoms with Crippen LogP contribution < -0.4 is 5.73 Å². The van der Waals surface area contributed by atoms with Crippen molar-refractivity contribution >= 4 is 76.0 Å². The highest BCUT2D eigenvalue weighted by Crippen LogP contribution is 2.36. The first-order valence-electron chi connectivity index (χ1n) is 19.5. The lowest BCUT2D eigenvalue weighted by Crippen LogP contribution is -2.46. The molecular weight excluding hydrogens is 831 g/mol. The van der Waals surface area contributed by atoms with Crippen molar-refractivity contribution in [3.63, 3.8) is 0 Å². The van der Waals surface area contributed by atoms with E-state index in [-0.39, 0.29) is 29.6 Å². The number of nitrogens with zero attached hydrogens (tertiary/aromatic N) is 5. The Labute approximate surface area is 366 Å². The molecule has 3 amide bonds. The molecule has 308 valence electrons. The Morgan fingerprint density at radius 1 is 0.759 bits per heavy atom. The maximum Gasteiger partial charge on any atom is 0.255 e. The topological polar surface area (TPSA) is 113 Å². The number of carbonyl (C=O) groups excluding carboxylic acids is 3. The number of thioether (sulfide) groups is 2. The summed E-state index contributed by atoms with van der Waals surface area (Å²) < 4.78 is 0. The fourth-order valence-corrected chi connectivity index (χ4v) is 10.0. The molecule has 9 nitrogen and oxygen atoms in total. The standard InChI is InChI=1S/C24H30ClN3O2S.C20H21Cl2N3OS/c1-4-27(5-2)23(29)19-9-7-11-28(15-19)24(30)20-12-18(13-26-14-20)16-31-22-17(3)8-6-10-21(22)25;1-13(23)15-4-3-7-25(11-15)20(26)16-8-14(9-24-10-16)12-27-19-17(21)5-2-6-18(19)22/h6,8,10,12-14,19H,4-5,7,9,11,15-16H2,1-3H3;2,5-6,8-10,15H,1,3-4,7,11-12,23H2. The summed E-state index contributed by atoms with van der Waals surface area (Å²) in [7, 11) is 0. The molecule has 0 saturated carbocycles. The quantitative estimate of drug-likeness (QED) is 0.140. The molecule has 0 spiro atoms. The summed E-state index contributed by atoms with van der Waals surface area (Å²) in [6, 6.07) is 15.1. The van der Waals surface area contributed by atoms with Crippen molar-refractivity contribution in [1.29, 1.82) is 0 Å². The molecule has 2 atom stereocenters. The Bertz CT molecular complexity index is 2040. The van der Waals surface area contributed by atoms with Crippen molar-refractivity contribution in [3.8, 4) is 0 Å². The lowest BCUT2D eigenvalue weighted by Gasteiger charge is -2.34. The summed E-state index contributed by atoms with van der Waals surface area (Å²) in [5, 5.41) is 1.98. The Morgan fingerprint density at radius 3 is 1.72 bits per heavy atom. The van der Waals surface area contributed by atoms with Crippen LogP contribution in [0.25, 0.3) is 0 Å². The van der Waals surface area contributed by atoms with Gasteiger partial charge < -0.3 is 20.4 Å². The Kier molecular flexibility index (Phi) is 17.2. The molecule has 0 radical (unpaired) electrons. The number of hydrogen-bond donors (Lipinski definition) is 1. The smallest absolute Gasteiger partial charge is 0.255 e. The van der Waals surface area contributed by atoms with Crippen molar-refractivity contribution in [1.82, 2.24) is 24.7 Å². The maximum absolute atomic E-state index is 13.1. The van der Waals surface area contributed by atoms with Gasteiger partial charge in [-0.3, -0.25) is 24.4 Å². The molecule has 58 heavy (non-hydrogen) atoms. The molecule has 2 aromatic heterocycles. The van der Waals surface area contributed by atoms with Gasteiger partial charge in [-0.15, -0.1) is 23.5 Å². The highest BCUT2D eigenvalue weighted by Gasteiger charge is 2.31. The van der Waals surface area contributed by atoms with Crippen molar-refractivity contribution < 1.29 is 14.4 Å². The molecule has 0 bridgehead atoms. The largest absolute Gasteiger partial charge is 0.402 e. The number of carbonyl (C=O) groups is 3. The van der Waals surface area contributed by atoms with Crippen molar-refractivity contribution in [2.45, 2.75) is 67.8 Å². The van der Waals surface area contributed by atoms with Crippen molar-refractivity contribution in [2.75, 3.05) is 39.3 Å². The first kappa shape index (κ1) is 45.3. The first-order chi connectivity index (χ1) is 27.9. The monoisotopic (exact) mass is 880 g/mol. The molecule has 4 aromatic rings. The van der Waals surface area contributed by atoms with Gasteiger partial charge in [0.2, 0.25) is 5.91 Å². The number of benzene rings is 2. The van der Waals surface area contributed by atoms with E-state index < -0.39 is 0 Å². The zero-order valence-electron chi connectivity index (χ0n) is 33.3. The summed E-state index contributed by atoms with van der Waals surface area (Å²) in [6.07, 6.45) is 10.4. The second-order valence-electron chi connectivity index (χ2n) is 14.4. The molecule has 14 heteroatoms. The molecule has 2 saturated heterocycles. The van der Waals surface area contributed by atoms with E-state index in [4.69, 9.17) is 40.5 Å². The Balaban J connectivity index is 0.000000223. The van der Waals surface area contributed by atoms with Gasteiger partial charge in [0.1, 0.15) is 0 Å². The fourth-order valence-electron chi connectivity index (χ4n) is 7.08. The predicted octanol–water partition coefficient (Wildman–Crippen LogP) is 10.1. The third kappa shape index (κ3) is 12.2. The molecule has 2 N–H and O–H groups in total. The van der Waals surface area contributed by atoms with Gasteiger partial charge >= 0.3 is 0 Å². The number of aryl methyl sites for hydroxylation is 1. The van der Waals surface area contributed by atoms with Gasteiger partial charge in [-0.25, -0.2) is 0 Å². The minimum absolute atomic E-state index is 0.0175. The van der Waals surface area contributed by atoms with Crippen LogP contribution in [0, 0.1) is 18.8 Å². The Hall–Kier alpha value is -3.74. The number of hydrogen-bond acceptors (Lipinski definition) is 8. The Morgan fingerprint density at radius 2 is 1.22 bits per heavy atom. The van der Waals surface area contributed by atoms with Gasteiger partial charge in [-0.1, -0.05) is 59.6 Å². The molecule has 2 fully saturated rings. The normalized spacial score (nSPS) is 16.6. The van der Waals surface area contributed by atoms with Crippen molar-refractivity contribution in [2.24, 2.45) is 17.6 Å². The molecule has 2 aromatic carbocycles. The first-order valence-corrected chi connectivity index (χ1v) is 22.6. The number of rotatable bonds is 12. The van der Waals surface area contributed by atoms with Crippen LogP contribution in [0.2, 0.25) is 15.1 Å². The van der Waals surface area contributed by atoms with E-state index in [1.54, 1.807) is 36.5 Å². The lowest BCUT2D eigenvalue weighted by atomic mass is 9.95. The van der Waals surface area contributed by atoms with Gasteiger partial charge in [-0.2, -0.15) is 0 Å². The van der Waals surface area contributed by atoms with Crippen LogP contribution in [0.15, 0.2) is 95.4 Å². The van der Waals surface area contributed by atoms with Crippen LogP contribution in [0.4, 0.5) is 0 Å². The van der Waals surface area contributed by atoms with E-state index in [1.807, 2.05) is 84.0 Å². The zero-order valence-corrected chi connectivity index (χ0v) is 37.2. The summed E-state index contributed by atoms with van der Waals surface area (Å²) in [5.41, 5.74) is 10.7. The lowest BCUT2D eigenvalue weighted by molar-refractivity contribution is -0.136. The van der Waals surface area contributed by atoms with Crippen LogP contribution >= 0.6 is 58.3 Å². The molecule has 0 aliphatic carbocycles. The predicted molar refractivity (Wildman–Crippen MR) is 239 cm³/mol. The minimum Gasteiger partial charge on any atom is -0.402 e. The van der Waals surface area contributed by atoms with Crippen LogP contribution in [0.1, 0.15) is 76.9 Å². The minimum atomic E-state index is -0.118. The van der Waals surface area contributed by atoms with Crippen LogP contribution in [0.3, 0.4) is 0 Å². The van der Waals surface area contributed by atoms with E-state index in [0.717, 1.165) is 63.7 Å². The average Bonchev–Trinajstić information content (AvgIpc) is 3.23. The van der Waals surface area contributed by atoms with E-state index in [0.29, 0.717) is 71.1 Å². The molecule has 2 unspecified atom stereocenters. The fraction of sp³-hybridized carbons (Fsp3) is 0.386. The van der Waals surface area contributed by atoms with Crippen LogP contribution in [-0.4, -0.2) is 81.7 Å². The second-order valence-corrected chi connectivity index (χ2v) is 17.6. The summed E-state index contributed by atoms with van der Waals surface area (Å²) in [4.78, 5) is 54.7. The third-order valence-electron chi connectivity index (χ3n) is 10.3. The second kappa shape index (κ2) is 22.0. The highest BCUT2D eigenvalue weighted by atomic mass is 35.5. The van der Waals surface area contributed by atoms with Gasteiger partial charge in [0.15, 0.2) is 0 Å². The van der Waals surface area contributed by atoms with Gasteiger partial charge in [-0.05, 0) is 93.5 Å². The number of piperidine rings is 2. The summed E-state index contributed by atoms with van der Waals surface area (Å²) >= 11 is 21.9. The number of likely N-dealkylation sites (tertiary alicyclic amines) is 2. The molecule has 4 heterocycles. The highest BCUT2D eigenvalue weighted by molar-refractivity contribution is 7.99. The average molecular weight is 882 g/mol. The van der Waals surface area contributed by atoms with E-state index in [9.17, 15) is 14.4 Å². The van der Waals surface area contributed by atoms with Gasteiger partial charge in [0.25, 0.3) is 11.8 Å². The van der Waals surface area contributed by atoms with Crippen LogP contribution in [-0.2, 0) is 16.3 Å². The number of amides is 3. The van der Waals surface area contributed by atoms with Crippen LogP contribution in [0.5, 0.6) is 0 Å². The SMILES string of the molecule is C=C(N)C1CCCN(C(=O)c2cncc(CSc3c(Cl)cccc3Cl)c2)C1.CCN(CC)C(=O)C1CCCN(C(=O)c2cncc(CSc3c(C)cccc3Cl)c2)C1. The number of halogens is 3. The number of nitrogens with two attached hydrogens (primary N) is 1. The van der Waals surface area contributed by atoms with Gasteiger partial charge in [0, 0.05) is 97.0 Å². The number of aromatic nitrogens is 2. The summed E-state index contributed by atoms with van der Waals surface area (Å²) in [6.45, 7) is 13.8. The molecule has 2 aliphatic heterocycles. The van der Waals surface area contributed by atoms with E-state index in [1.165, 1.54) is 11.8 Å². The van der Waals surface area contributed by atoms with Crippen molar-refractivity contribution in [3.05, 3.63) is 128 Å². The van der Waals surface area contributed by atoms with E-state index >= 15 is 0 Å².